The number of ether oxygens (including phenoxy) is 1. The van der Waals surface area contributed by atoms with E-state index in [1.807, 2.05) is 6.92 Å². The lowest BCUT2D eigenvalue weighted by Gasteiger charge is -2.01. The van der Waals surface area contributed by atoms with Crippen LogP contribution in [-0.4, -0.2) is 12.6 Å². The molecular formula is C12H20O2. The van der Waals surface area contributed by atoms with Crippen molar-refractivity contribution in [3.63, 3.8) is 0 Å². The van der Waals surface area contributed by atoms with Crippen LogP contribution in [-0.2, 0) is 9.53 Å². The average molecular weight is 196 g/mol. The summed E-state index contributed by atoms with van der Waals surface area (Å²) in [5, 5.41) is 0. The number of allylic oxidation sites excluding steroid dienone is 3. The number of hydrogen-bond donors (Lipinski definition) is 0. The monoisotopic (exact) mass is 196 g/mol. The fourth-order valence-corrected chi connectivity index (χ4v) is 0.976. The van der Waals surface area contributed by atoms with Crippen molar-refractivity contribution in [3.05, 3.63) is 23.3 Å². The molecule has 0 aliphatic carbocycles. The van der Waals surface area contributed by atoms with Gasteiger partial charge in [-0.3, -0.25) is 4.79 Å². The normalized spacial score (nSPS) is 11.0. The Labute approximate surface area is 86.6 Å². The largest absolute Gasteiger partial charge is 0.461 e. The van der Waals surface area contributed by atoms with E-state index in [-0.39, 0.29) is 5.97 Å². The highest BCUT2D eigenvalue weighted by molar-refractivity contribution is 5.66. The first-order valence-electron chi connectivity index (χ1n) is 4.94. The lowest BCUT2D eigenvalue weighted by molar-refractivity contribution is -0.139. The van der Waals surface area contributed by atoms with E-state index in [1.54, 1.807) is 0 Å². The topological polar surface area (TPSA) is 26.3 Å². The standard InChI is InChI=1S/C12H20O2/c1-10(2)7-5-6-8-11(3)9-14-12(4)13/h7-8H,5-6,9H2,1-4H3. The van der Waals surface area contributed by atoms with Crippen molar-refractivity contribution < 1.29 is 9.53 Å². The number of rotatable bonds is 5. The Balaban J connectivity index is 3.66. The second-order valence-electron chi connectivity index (χ2n) is 3.69. The molecule has 0 radical (unpaired) electrons. The zero-order chi connectivity index (χ0) is 11.0. The fraction of sp³-hybridized carbons (Fsp3) is 0.583. The van der Waals surface area contributed by atoms with Gasteiger partial charge in [-0.1, -0.05) is 17.7 Å². The van der Waals surface area contributed by atoms with Crippen molar-refractivity contribution >= 4 is 5.97 Å². The van der Waals surface area contributed by atoms with E-state index >= 15 is 0 Å². The van der Waals surface area contributed by atoms with Gasteiger partial charge in [-0.25, -0.2) is 0 Å². The summed E-state index contributed by atoms with van der Waals surface area (Å²) in [6.07, 6.45) is 6.38. The van der Waals surface area contributed by atoms with Crippen LogP contribution >= 0.6 is 0 Å². The Morgan fingerprint density at radius 1 is 1.07 bits per heavy atom. The van der Waals surface area contributed by atoms with Gasteiger partial charge in [0.05, 0.1) is 0 Å². The van der Waals surface area contributed by atoms with Crippen LogP contribution in [0.15, 0.2) is 23.3 Å². The van der Waals surface area contributed by atoms with E-state index in [1.165, 1.54) is 12.5 Å². The van der Waals surface area contributed by atoms with Crippen LogP contribution in [0.4, 0.5) is 0 Å². The molecule has 0 heterocycles. The minimum atomic E-state index is -0.220. The Kier molecular flexibility index (Phi) is 6.81. The first-order chi connectivity index (χ1) is 6.52. The third kappa shape index (κ3) is 9.04. The van der Waals surface area contributed by atoms with Crippen LogP contribution in [0.3, 0.4) is 0 Å². The molecule has 0 fully saturated rings. The van der Waals surface area contributed by atoms with E-state index < -0.39 is 0 Å². The first kappa shape index (κ1) is 12.9. The molecule has 14 heavy (non-hydrogen) atoms. The zero-order valence-corrected chi connectivity index (χ0v) is 9.59. The maximum Gasteiger partial charge on any atom is 0.302 e. The van der Waals surface area contributed by atoms with Gasteiger partial charge in [0, 0.05) is 6.92 Å². The van der Waals surface area contributed by atoms with Crippen LogP contribution < -0.4 is 0 Å². The number of hydrogen-bond acceptors (Lipinski definition) is 2. The Morgan fingerprint density at radius 2 is 1.64 bits per heavy atom. The molecule has 0 atom stereocenters. The van der Waals surface area contributed by atoms with Crippen LogP contribution in [0.5, 0.6) is 0 Å². The van der Waals surface area contributed by atoms with E-state index in [0.717, 1.165) is 18.4 Å². The highest BCUT2D eigenvalue weighted by atomic mass is 16.5. The van der Waals surface area contributed by atoms with Gasteiger partial charge in [-0.05, 0) is 39.2 Å². The highest BCUT2D eigenvalue weighted by Gasteiger charge is 1.93. The molecule has 0 aliphatic heterocycles. The number of carbonyl (C=O) groups excluding carboxylic acids is 1. The molecule has 0 saturated carbocycles. The summed E-state index contributed by atoms with van der Waals surface area (Å²) in [5.74, 6) is -0.220. The molecule has 0 rings (SSSR count). The second-order valence-corrected chi connectivity index (χ2v) is 3.69. The van der Waals surface area contributed by atoms with Gasteiger partial charge < -0.3 is 4.74 Å². The third-order valence-corrected chi connectivity index (χ3v) is 1.72. The lowest BCUT2D eigenvalue weighted by Crippen LogP contribution is -2.01. The summed E-state index contributed by atoms with van der Waals surface area (Å²) < 4.78 is 4.86. The SMILES string of the molecule is CC(=O)OCC(C)=CCCC=C(C)C. The molecule has 2 nitrogen and oxygen atoms in total. The van der Waals surface area contributed by atoms with Crippen molar-refractivity contribution in [3.8, 4) is 0 Å². The summed E-state index contributed by atoms with van der Waals surface area (Å²) in [6.45, 7) is 8.01. The molecule has 0 amide bonds. The molecule has 80 valence electrons. The number of unbranched alkanes of at least 4 members (excludes halogenated alkanes) is 1. The van der Waals surface area contributed by atoms with Gasteiger partial charge >= 0.3 is 5.97 Å². The predicted octanol–water partition coefficient (Wildman–Crippen LogP) is 3.24. The Hall–Kier alpha value is -1.05. The third-order valence-electron chi connectivity index (χ3n) is 1.72. The minimum absolute atomic E-state index is 0.220. The summed E-state index contributed by atoms with van der Waals surface area (Å²) in [6, 6.07) is 0. The van der Waals surface area contributed by atoms with Gasteiger partial charge in [-0.2, -0.15) is 0 Å². The van der Waals surface area contributed by atoms with Crippen LogP contribution in [0.2, 0.25) is 0 Å². The number of esters is 1. The van der Waals surface area contributed by atoms with Gasteiger partial charge in [0.15, 0.2) is 0 Å². The van der Waals surface area contributed by atoms with Gasteiger partial charge in [0.1, 0.15) is 6.61 Å². The lowest BCUT2D eigenvalue weighted by atomic mass is 10.2. The van der Waals surface area contributed by atoms with Crippen molar-refractivity contribution in [2.45, 2.75) is 40.5 Å². The van der Waals surface area contributed by atoms with Crippen molar-refractivity contribution in [1.82, 2.24) is 0 Å². The Bertz CT molecular complexity index is 233. The predicted molar refractivity (Wildman–Crippen MR) is 59.1 cm³/mol. The van der Waals surface area contributed by atoms with Crippen LogP contribution in [0.25, 0.3) is 0 Å². The summed E-state index contributed by atoms with van der Waals surface area (Å²) in [4.78, 5) is 10.5. The molecule has 0 aromatic heterocycles. The van der Waals surface area contributed by atoms with E-state index in [9.17, 15) is 4.79 Å². The van der Waals surface area contributed by atoms with Gasteiger partial charge in [0.25, 0.3) is 0 Å². The molecule has 0 spiro atoms. The molecular weight excluding hydrogens is 176 g/mol. The van der Waals surface area contributed by atoms with Crippen molar-refractivity contribution in [1.29, 1.82) is 0 Å². The zero-order valence-electron chi connectivity index (χ0n) is 9.59. The van der Waals surface area contributed by atoms with Gasteiger partial charge in [0.2, 0.25) is 0 Å². The molecule has 0 aromatic rings. The number of carbonyl (C=O) groups is 1. The second kappa shape index (κ2) is 7.36. The molecule has 0 aromatic carbocycles. The maximum atomic E-state index is 10.5. The maximum absolute atomic E-state index is 10.5. The average Bonchev–Trinajstić information content (AvgIpc) is 2.08. The minimum Gasteiger partial charge on any atom is -0.461 e. The van der Waals surface area contributed by atoms with Gasteiger partial charge in [-0.15, -0.1) is 0 Å². The van der Waals surface area contributed by atoms with E-state index in [0.29, 0.717) is 6.61 Å². The van der Waals surface area contributed by atoms with E-state index in [4.69, 9.17) is 4.74 Å². The molecule has 0 N–H and O–H groups in total. The molecule has 0 saturated heterocycles. The van der Waals surface area contributed by atoms with Crippen LogP contribution in [0, 0.1) is 0 Å². The molecule has 0 bridgehead atoms. The molecule has 2 heteroatoms. The van der Waals surface area contributed by atoms with Crippen LogP contribution in [0.1, 0.15) is 40.5 Å². The molecule has 0 aliphatic rings. The highest BCUT2D eigenvalue weighted by Crippen LogP contribution is 2.02. The summed E-state index contributed by atoms with van der Waals surface area (Å²) in [5.41, 5.74) is 2.46. The smallest absolute Gasteiger partial charge is 0.302 e. The van der Waals surface area contributed by atoms with Crippen molar-refractivity contribution in [2.24, 2.45) is 0 Å². The first-order valence-corrected chi connectivity index (χ1v) is 4.94. The summed E-state index contributed by atoms with van der Waals surface area (Å²) in [7, 11) is 0. The fourth-order valence-electron chi connectivity index (χ4n) is 0.976. The van der Waals surface area contributed by atoms with Crippen molar-refractivity contribution in [2.75, 3.05) is 6.61 Å². The quantitative estimate of drug-likeness (QED) is 0.383. The molecule has 0 unspecified atom stereocenters. The van der Waals surface area contributed by atoms with E-state index in [2.05, 4.69) is 26.0 Å². The Morgan fingerprint density at radius 3 is 2.14 bits per heavy atom. The summed E-state index contributed by atoms with van der Waals surface area (Å²) >= 11 is 0.